The third-order valence-corrected chi connectivity index (χ3v) is 4.53. The fraction of sp³-hybridized carbons (Fsp3) is 0.647. The molecule has 0 N–H and O–H groups in total. The Balaban J connectivity index is 1.68. The normalized spacial score (nSPS) is 17.3. The summed E-state index contributed by atoms with van der Waals surface area (Å²) >= 11 is 6.14. The molecule has 1 aliphatic rings. The van der Waals surface area contributed by atoms with Gasteiger partial charge < -0.3 is 14.5 Å². The van der Waals surface area contributed by atoms with Crippen LogP contribution in [-0.2, 0) is 0 Å². The Bertz CT molecular complexity index is 419. The summed E-state index contributed by atoms with van der Waals surface area (Å²) in [5.74, 6) is 0.821. The molecular weight excluding hydrogens is 284 g/mol. The smallest absolute Gasteiger partial charge is 0.138 e. The van der Waals surface area contributed by atoms with E-state index < -0.39 is 0 Å². The number of hydrogen-bond acceptors (Lipinski definition) is 3. The number of hydrogen-bond donors (Lipinski definition) is 0. The van der Waals surface area contributed by atoms with E-state index in [4.69, 9.17) is 16.3 Å². The van der Waals surface area contributed by atoms with Crippen LogP contribution >= 0.6 is 11.6 Å². The lowest BCUT2D eigenvalue weighted by molar-refractivity contribution is 0.0984. The molecule has 0 bridgehead atoms. The number of nitrogens with zero attached hydrogens (tertiary/aromatic N) is 2. The zero-order chi connectivity index (χ0) is 15.1. The summed E-state index contributed by atoms with van der Waals surface area (Å²) in [5, 5.41) is 0.711. The van der Waals surface area contributed by atoms with Crippen LogP contribution in [0.5, 0.6) is 5.75 Å². The Morgan fingerprint density at radius 3 is 2.67 bits per heavy atom. The Kier molecular flexibility index (Phi) is 6.81. The molecule has 0 radical (unpaired) electrons. The molecule has 3 nitrogen and oxygen atoms in total. The molecule has 1 fully saturated rings. The molecule has 0 atom stereocenters. The van der Waals surface area contributed by atoms with E-state index in [2.05, 4.69) is 23.8 Å². The van der Waals surface area contributed by atoms with Crippen molar-refractivity contribution in [3.63, 3.8) is 0 Å². The predicted molar refractivity (Wildman–Crippen MR) is 89.3 cm³/mol. The molecule has 1 aromatic carbocycles. The maximum Gasteiger partial charge on any atom is 0.138 e. The molecule has 0 saturated carbocycles. The molecule has 2 rings (SSSR count). The summed E-state index contributed by atoms with van der Waals surface area (Å²) in [5.41, 5.74) is 0. The summed E-state index contributed by atoms with van der Waals surface area (Å²) in [7, 11) is 2.18. The van der Waals surface area contributed by atoms with Crippen molar-refractivity contribution in [2.45, 2.75) is 32.3 Å². The molecule has 1 saturated heterocycles. The highest BCUT2D eigenvalue weighted by Gasteiger charge is 2.20. The largest absolute Gasteiger partial charge is 0.489 e. The van der Waals surface area contributed by atoms with Crippen molar-refractivity contribution in [2.24, 2.45) is 0 Å². The first-order chi connectivity index (χ1) is 10.2. The fourth-order valence-electron chi connectivity index (χ4n) is 2.69. The molecule has 0 aromatic heterocycles. The number of para-hydroxylation sites is 1. The second-order valence-corrected chi connectivity index (χ2v) is 6.25. The maximum absolute atomic E-state index is 6.14. The molecular formula is C17H27ClN2O. The van der Waals surface area contributed by atoms with Crippen molar-refractivity contribution in [3.8, 4) is 5.75 Å². The molecule has 0 aliphatic carbocycles. The number of likely N-dealkylation sites (tertiary alicyclic amines) is 1. The van der Waals surface area contributed by atoms with Gasteiger partial charge in [0, 0.05) is 13.1 Å². The average Bonchev–Trinajstić information content (AvgIpc) is 2.51. The Morgan fingerprint density at radius 1 is 1.29 bits per heavy atom. The first kappa shape index (κ1) is 16.6. The van der Waals surface area contributed by atoms with Crippen LogP contribution in [0.1, 0.15) is 26.2 Å². The SMILES string of the molecule is CCN(C)CCCN1CCC(Oc2ccccc2Cl)CC1. The second kappa shape index (κ2) is 8.62. The molecule has 1 aliphatic heterocycles. The topological polar surface area (TPSA) is 15.7 Å². The van der Waals surface area contributed by atoms with Crippen molar-refractivity contribution in [3.05, 3.63) is 29.3 Å². The minimum Gasteiger partial charge on any atom is -0.489 e. The van der Waals surface area contributed by atoms with Gasteiger partial charge in [0.2, 0.25) is 0 Å². The highest BCUT2D eigenvalue weighted by molar-refractivity contribution is 6.32. The van der Waals surface area contributed by atoms with E-state index in [1.807, 2.05) is 24.3 Å². The highest BCUT2D eigenvalue weighted by atomic mass is 35.5. The summed E-state index contributed by atoms with van der Waals surface area (Å²) < 4.78 is 6.03. The minimum atomic E-state index is 0.305. The molecule has 0 unspecified atom stereocenters. The van der Waals surface area contributed by atoms with Gasteiger partial charge in [0.25, 0.3) is 0 Å². The van der Waals surface area contributed by atoms with Gasteiger partial charge in [-0.1, -0.05) is 30.7 Å². The lowest BCUT2D eigenvalue weighted by Gasteiger charge is -2.32. The molecule has 0 spiro atoms. The Morgan fingerprint density at radius 2 is 2.00 bits per heavy atom. The average molecular weight is 311 g/mol. The molecule has 21 heavy (non-hydrogen) atoms. The lowest BCUT2D eigenvalue weighted by atomic mass is 10.1. The van der Waals surface area contributed by atoms with Crippen molar-refractivity contribution < 1.29 is 4.74 Å². The molecule has 0 amide bonds. The number of ether oxygens (including phenoxy) is 1. The molecule has 4 heteroatoms. The van der Waals surface area contributed by atoms with E-state index in [-0.39, 0.29) is 0 Å². The standard InChI is InChI=1S/C17H27ClN2O/c1-3-19(2)11-6-12-20-13-9-15(10-14-20)21-17-8-5-4-7-16(17)18/h4-5,7-8,15H,3,6,9-14H2,1-2H3. The number of piperidine rings is 1. The number of rotatable bonds is 7. The Labute approximate surface area is 133 Å². The molecule has 1 aromatic rings. The van der Waals surface area contributed by atoms with Gasteiger partial charge in [-0.05, 0) is 58.1 Å². The summed E-state index contributed by atoms with van der Waals surface area (Å²) in [6, 6.07) is 7.75. The van der Waals surface area contributed by atoms with Crippen LogP contribution in [0.15, 0.2) is 24.3 Å². The van der Waals surface area contributed by atoms with Crippen molar-refractivity contribution >= 4 is 11.6 Å². The summed E-state index contributed by atoms with van der Waals surface area (Å²) in [6.07, 6.45) is 3.74. The van der Waals surface area contributed by atoms with Crippen molar-refractivity contribution in [2.75, 3.05) is 39.8 Å². The van der Waals surface area contributed by atoms with Gasteiger partial charge in [0.05, 0.1) is 5.02 Å². The van der Waals surface area contributed by atoms with Gasteiger partial charge in [-0.3, -0.25) is 0 Å². The third-order valence-electron chi connectivity index (χ3n) is 4.22. The second-order valence-electron chi connectivity index (χ2n) is 5.84. The lowest BCUT2D eigenvalue weighted by Crippen LogP contribution is -2.39. The predicted octanol–water partition coefficient (Wildman–Crippen LogP) is 3.53. The number of benzene rings is 1. The first-order valence-electron chi connectivity index (χ1n) is 8.01. The van der Waals surface area contributed by atoms with Crippen LogP contribution in [0.3, 0.4) is 0 Å². The number of halogens is 1. The fourth-order valence-corrected chi connectivity index (χ4v) is 2.87. The van der Waals surface area contributed by atoms with Crippen molar-refractivity contribution in [1.29, 1.82) is 0 Å². The quantitative estimate of drug-likeness (QED) is 0.766. The van der Waals surface area contributed by atoms with E-state index >= 15 is 0 Å². The zero-order valence-electron chi connectivity index (χ0n) is 13.2. The first-order valence-corrected chi connectivity index (χ1v) is 8.39. The molecule has 118 valence electrons. The third kappa shape index (κ3) is 5.50. The highest BCUT2D eigenvalue weighted by Crippen LogP contribution is 2.26. The molecule has 1 heterocycles. The van der Waals surface area contributed by atoms with Crippen LogP contribution in [0.25, 0.3) is 0 Å². The Hall–Kier alpha value is -0.770. The van der Waals surface area contributed by atoms with E-state index in [0.717, 1.165) is 38.2 Å². The van der Waals surface area contributed by atoms with Crippen LogP contribution < -0.4 is 4.74 Å². The summed E-state index contributed by atoms with van der Waals surface area (Å²) in [6.45, 7) is 7.98. The van der Waals surface area contributed by atoms with E-state index in [1.165, 1.54) is 19.5 Å². The van der Waals surface area contributed by atoms with Gasteiger partial charge >= 0.3 is 0 Å². The van der Waals surface area contributed by atoms with Gasteiger partial charge in [-0.15, -0.1) is 0 Å². The minimum absolute atomic E-state index is 0.305. The van der Waals surface area contributed by atoms with Crippen LogP contribution in [0.4, 0.5) is 0 Å². The summed E-state index contributed by atoms with van der Waals surface area (Å²) in [4.78, 5) is 4.92. The maximum atomic E-state index is 6.14. The van der Waals surface area contributed by atoms with Crippen LogP contribution in [0.2, 0.25) is 5.02 Å². The monoisotopic (exact) mass is 310 g/mol. The van der Waals surface area contributed by atoms with Gasteiger partial charge in [0.1, 0.15) is 11.9 Å². The van der Waals surface area contributed by atoms with E-state index in [9.17, 15) is 0 Å². The van der Waals surface area contributed by atoms with Crippen LogP contribution in [0, 0.1) is 0 Å². The van der Waals surface area contributed by atoms with Crippen molar-refractivity contribution in [1.82, 2.24) is 9.80 Å². The van der Waals surface area contributed by atoms with Gasteiger partial charge in [-0.2, -0.15) is 0 Å². The van der Waals surface area contributed by atoms with E-state index in [0.29, 0.717) is 11.1 Å². The zero-order valence-corrected chi connectivity index (χ0v) is 14.0. The van der Waals surface area contributed by atoms with Gasteiger partial charge in [-0.25, -0.2) is 0 Å². The van der Waals surface area contributed by atoms with Gasteiger partial charge in [0.15, 0.2) is 0 Å². The van der Waals surface area contributed by atoms with E-state index in [1.54, 1.807) is 0 Å². The van der Waals surface area contributed by atoms with Crippen LogP contribution in [-0.4, -0.2) is 55.7 Å².